The summed E-state index contributed by atoms with van der Waals surface area (Å²) in [6.45, 7) is 2.01. The maximum absolute atomic E-state index is 12.5. The van der Waals surface area contributed by atoms with Gasteiger partial charge in [0.2, 0.25) is 0 Å². The van der Waals surface area contributed by atoms with Crippen molar-refractivity contribution in [2.45, 2.75) is 25.3 Å². The Morgan fingerprint density at radius 3 is 2.29 bits per heavy atom. The molecule has 5 nitrogen and oxygen atoms in total. The normalized spacial score (nSPS) is 12.8. The lowest BCUT2D eigenvalue weighted by atomic mass is 9.88. The highest BCUT2D eigenvalue weighted by Gasteiger charge is 2.33. The smallest absolute Gasteiger partial charge is 0.331 e. The summed E-state index contributed by atoms with van der Waals surface area (Å²) in [7, 11) is 1.34. The number of rotatable bonds is 7. The molecule has 7 heteroatoms. The summed E-state index contributed by atoms with van der Waals surface area (Å²) in [4.78, 5) is 28.9. The first kappa shape index (κ1) is 20.6. The van der Waals surface area contributed by atoms with Gasteiger partial charge in [-0.3, -0.25) is 9.79 Å². The fourth-order valence-corrected chi connectivity index (χ4v) is 3.32. The van der Waals surface area contributed by atoms with Crippen molar-refractivity contribution in [1.29, 1.82) is 0 Å². The first-order valence-corrected chi connectivity index (χ1v) is 9.96. The lowest BCUT2D eigenvalue weighted by Crippen LogP contribution is -2.31. The van der Waals surface area contributed by atoms with Crippen molar-refractivity contribution >= 4 is 39.8 Å². The van der Waals surface area contributed by atoms with E-state index in [9.17, 15) is 9.59 Å². The van der Waals surface area contributed by atoms with Crippen molar-refractivity contribution in [3.05, 3.63) is 35.9 Å². The van der Waals surface area contributed by atoms with Gasteiger partial charge in [-0.2, -0.15) is 0 Å². The van der Waals surface area contributed by atoms with E-state index < -0.39 is 17.9 Å². The number of carbonyl (C=O) groups is 2. The van der Waals surface area contributed by atoms with E-state index in [-0.39, 0.29) is 19.0 Å². The molecule has 0 N–H and O–H groups in total. The van der Waals surface area contributed by atoms with E-state index in [4.69, 9.17) is 9.47 Å². The zero-order chi connectivity index (χ0) is 17.9. The molecule has 0 saturated carbocycles. The van der Waals surface area contributed by atoms with Gasteiger partial charge in [-0.05, 0) is 25.0 Å². The van der Waals surface area contributed by atoms with Crippen LogP contribution in [0, 0.1) is 0 Å². The summed E-state index contributed by atoms with van der Waals surface area (Å²) in [5.41, 5.74) is 0.853. The number of aliphatic imine (C=N–C) groups is 1. The molecule has 0 aromatic heterocycles. The fraction of sp³-hybridized carbons (Fsp3) is 0.471. The molecule has 0 aliphatic carbocycles. The van der Waals surface area contributed by atoms with Crippen LogP contribution in [0.3, 0.4) is 0 Å². The third-order valence-electron chi connectivity index (χ3n) is 3.34. The molecule has 0 fully saturated rings. The largest absolute Gasteiger partial charge is 0.469 e. The van der Waals surface area contributed by atoms with Gasteiger partial charge in [0.1, 0.15) is 4.38 Å². The molecule has 0 unspecified atom stereocenters. The Kier molecular flexibility index (Phi) is 9.56. The molecule has 1 aromatic rings. The molecule has 24 heavy (non-hydrogen) atoms. The summed E-state index contributed by atoms with van der Waals surface area (Å²) in [5.74, 6) is -1.26. The Hall–Kier alpha value is -1.47. The Labute approximate surface area is 151 Å². The number of esters is 2. The fourth-order valence-electron chi connectivity index (χ4n) is 2.21. The summed E-state index contributed by atoms with van der Waals surface area (Å²) >= 11 is 2.92. The molecule has 0 aliphatic rings. The highest BCUT2D eigenvalue weighted by molar-refractivity contribution is 8.38. The maximum Gasteiger partial charge on any atom is 0.331 e. The van der Waals surface area contributed by atoms with E-state index in [0.29, 0.717) is 0 Å². The zero-order valence-corrected chi connectivity index (χ0v) is 16.0. The van der Waals surface area contributed by atoms with Gasteiger partial charge >= 0.3 is 11.9 Å². The van der Waals surface area contributed by atoms with Gasteiger partial charge in [-0.1, -0.05) is 30.3 Å². The minimum atomic E-state index is -0.790. The second-order valence-corrected chi connectivity index (χ2v) is 6.65. The topological polar surface area (TPSA) is 65.0 Å². The number of benzene rings is 1. The number of hydrogen-bond acceptors (Lipinski definition) is 7. The van der Waals surface area contributed by atoms with Crippen LogP contribution in [0.1, 0.15) is 24.8 Å². The second-order valence-electron chi connectivity index (χ2n) is 4.80. The average Bonchev–Trinajstić information content (AvgIpc) is 2.62. The molecule has 1 rings (SSSR count). The number of carbonyl (C=O) groups excluding carboxylic acids is 2. The van der Waals surface area contributed by atoms with Crippen molar-refractivity contribution in [3.63, 3.8) is 0 Å². The molecule has 0 radical (unpaired) electrons. The lowest BCUT2D eigenvalue weighted by Gasteiger charge is -2.23. The van der Waals surface area contributed by atoms with Crippen LogP contribution in [0.25, 0.3) is 0 Å². The summed E-state index contributed by atoms with van der Waals surface area (Å²) < 4.78 is 10.8. The molecule has 0 aliphatic heterocycles. The molecule has 132 valence electrons. The van der Waals surface area contributed by atoms with Crippen LogP contribution < -0.4 is 0 Å². The molecule has 0 amide bonds. The standard InChI is InChI=1S/C17H23NO4S2/c1-5-22-16(20)15(18-17(23-3)24-4)13(11-14(19)21-2)12-9-7-6-8-10-12/h6-10,13,15H,5,11H2,1-4H3/t13-,15+/m1/s1. The molecular weight excluding hydrogens is 346 g/mol. The van der Waals surface area contributed by atoms with Gasteiger partial charge in [0.05, 0.1) is 20.1 Å². The van der Waals surface area contributed by atoms with E-state index in [1.807, 2.05) is 42.8 Å². The predicted octanol–water partition coefficient (Wildman–Crippen LogP) is 3.35. The van der Waals surface area contributed by atoms with E-state index in [2.05, 4.69) is 4.99 Å². The lowest BCUT2D eigenvalue weighted by molar-refractivity contribution is -0.146. The monoisotopic (exact) mass is 369 g/mol. The third-order valence-corrected chi connectivity index (χ3v) is 5.25. The van der Waals surface area contributed by atoms with Crippen molar-refractivity contribution < 1.29 is 19.1 Å². The van der Waals surface area contributed by atoms with Crippen molar-refractivity contribution in [1.82, 2.24) is 0 Å². The quantitative estimate of drug-likeness (QED) is 0.417. The van der Waals surface area contributed by atoms with Gasteiger partial charge in [-0.25, -0.2) is 4.79 Å². The zero-order valence-electron chi connectivity index (χ0n) is 14.4. The van der Waals surface area contributed by atoms with Crippen LogP contribution in [0.15, 0.2) is 35.3 Å². The van der Waals surface area contributed by atoms with E-state index in [1.54, 1.807) is 6.92 Å². The maximum atomic E-state index is 12.5. The second kappa shape index (κ2) is 11.1. The van der Waals surface area contributed by atoms with Gasteiger partial charge in [0.25, 0.3) is 0 Å². The Bertz CT molecular complexity index is 557. The van der Waals surface area contributed by atoms with Crippen molar-refractivity contribution in [2.24, 2.45) is 4.99 Å². The molecule has 0 heterocycles. The molecule has 2 atom stereocenters. The van der Waals surface area contributed by atoms with Crippen LogP contribution in [0.2, 0.25) is 0 Å². The Balaban J connectivity index is 3.29. The number of hydrogen-bond donors (Lipinski definition) is 0. The number of ether oxygens (including phenoxy) is 2. The summed E-state index contributed by atoms with van der Waals surface area (Å²) in [6, 6.07) is 8.60. The van der Waals surface area contributed by atoms with E-state index in [0.717, 1.165) is 9.94 Å². The average molecular weight is 370 g/mol. The van der Waals surface area contributed by atoms with E-state index >= 15 is 0 Å². The first-order valence-electron chi connectivity index (χ1n) is 7.51. The first-order chi connectivity index (χ1) is 11.6. The van der Waals surface area contributed by atoms with Gasteiger partial charge < -0.3 is 9.47 Å². The summed E-state index contributed by atoms with van der Waals surface area (Å²) in [5, 5.41) is 0. The van der Waals surface area contributed by atoms with E-state index in [1.165, 1.54) is 30.6 Å². The third kappa shape index (κ3) is 6.20. The molecule has 0 saturated heterocycles. The highest BCUT2D eigenvalue weighted by Crippen LogP contribution is 2.29. The van der Waals surface area contributed by atoms with Crippen LogP contribution in [0.4, 0.5) is 0 Å². The number of nitrogens with zero attached hydrogens (tertiary/aromatic N) is 1. The minimum Gasteiger partial charge on any atom is -0.469 e. The van der Waals surface area contributed by atoms with Crippen LogP contribution >= 0.6 is 23.5 Å². The Morgan fingerprint density at radius 1 is 1.17 bits per heavy atom. The van der Waals surface area contributed by atoms with Crippen LogP contribution in [-0.2, 0) is 19.1 Å². The number of methoxy groups -OCH3 is 1. The van der Waals surface area contributed by atoms with Gasteiger partial charge in [0.15, 0.2) is 6.04 Å². The van der Waals surface area contributed by atoms with Crippen molar-refractivity contribution in [3.8, 4) is 0 Å². The molecule has 1 aromatic carbocycles. The van der Waals surface area contributed by atoms with Crippen LogP contribution in [-0.4, -0.2) is 48.6 Å². The minimum absolute atomic E-state index is 0.0591. The summed E-state index contributed by atoms with van der Waals surface area (Å²) in [6.07, 6.45) is 3.86. The predicted molar refractivity (Wildman–Crippen MR) is 101 cm³/mol. The SMILES string of the molecule is CCOC(=O)[C@@H](N=C(SC)SC)[C@H](CC(=O)OC)c1ccccc1. The van der Waals surface area contributed by atoms with Crippen LogP contribution in [0.5, 0.6) is 0 Å². The van der Waals surface area contributed by atoms with Crippen molar-refractivity contribution in [2.75, 3.05) is 26.2 Å². The Morgan fingerprint density at radius 2 is 1.79 bits per heavy atom. The van der Waals surface area contributed by atoms with Gasteiger partial charge in [0, 0.05) is 5.92 Å². The molecule has 0 bridgehead atoms. The number of thioether (sulfide) groups is 2. The molecule has 0 spiro atoms. The highest BCUT2D eigenvalue weighted by atomic mass is 32.2. The van der Waals surface area contributed by atoms with Gasteiger partial charge in [-0.15, -0.1) is 23.5 Å². The molecular formula is C17H23NO4S2.